The van der Waals surface area contributed by atoms with Crippen molar-refractivity contribution in [1.29, 1.82) is 0 Å². The van der Waals surface area contributed by atoms with Crippen LogP contribution >= 0.6 is 0 Å². The van der Waals surface area contributed by atoms with Crippen molar-refractivity contribution in [2.24, 2.45) is 0 Å². The lowest BCUT2D eigenvalue weighted by atomic mass is 10.1. The van der Waals surface area contributed by atoms with E-state index < -0.39 is 10.8 Å². The topological polar surface area (TPSA) is 87.5 Å². The number of hydrogen-bond donors (Lipinski definition) is 2. The molecule has 1 heterocycles. The summed E-state index contributed by atoms with van der Waals surface area (Å²) in [6.45, 7) is 1.62. The highest BCUT2D eigenvalue weighted by Crippen LogP contribution is 2.28. The fourth-order valence-corrected chi connectivity index (χ4v) is 2.96. The third-order valence-corrected chi connectivity index (χ3v) is 4.30. The number of nitrogens with one attached hydrogen (secondary N) is 2. The molecule has 1 fully saturated rings. The minimum atomic E-state index is -0.524. The van der Waals surface area contributed by atoms with Crippen molar-refractivity contribution >= 4 is 23.0 Å². The zero-order valence-corrected chi connectivity index (χ0v) is 14.1. The highest BCUT2D eigenvalue weighted by molar-refractivity contribution is 6.01. The van der Waals surface area contributed by atoms with Crippen LogP contribution in [0.2, 0.25) is 0 Å². The molecule has 1 saturated heterocycles. The molecule has 1 amide bonds. The number of nitro benzene ring substituents is 1. The third kappa shape index (κ3) is 4.08. The molecule has 0 spiro atoms. The maximum absolute atomic E-state index is 12.9. The minimum Gasteiger partial charge on any atom is -0.371 e. The number of piperidine rings is 1. The first kappa shape index (κ1) is 17.7. The molecule has 2 aromatic rings. The zero-order valence-electron chi connectivity index (χ0n) is 14.1. The van der Waals surface area contributed by atoms with Crippen molar-refractivity contribution in [1.82, 2.24) is 5.43 Å². The highest BCUT2D eigenvalue weighted by atomic mass is 19.1. The van der Waals surface area contributed by atoms with Crippen LogP contribution in [0, 0.1) is 15.9 Å². The molecule has 0 aromatic heterocycles. The maximum atomic E-state index is 12.9. The lowest BCUT2D eigenvalue weighted by molar-refractivity contribution is -0.384. The van der Waals surface area contributed by atoms with Crippen LogP contribution in [0.4, 0.5) is 21.5 Å². The van der Waals surface area contributed by atoms with Crippen molar-refractivity contribution in [3.05, 3.63) is 64.0 Å². The van der Waals surface area contributed by atoms with Crippen molar-refractivity contribution in [3.63, 3.8) is 0 Å². The first-order chi connectivity index (χ1) is 12.5. The summed E-state index contributed by atoms with van der Waals surface area (Å²) in [5.74, 6) is -0.869. The highest BCUT2D eigenvalue weighted by Gasteiger charge is 2.21. The number of nitrogens with zero attached hydrogens (tertiary/aromatic N) is 2. The number of nitro groups is 1. The monoisotopic (exact) mass is 358 g/mol. The van der Waals surface area contributed by atoms with Gasteiger partial charge in [-0.2, -0.15) is 0 Å². The Morgan fingerprint density at radius 1 is 1.08 bits per heavy atom. The van der Waals surface area contributed by atoms with Crippen molar-refractivity contribution in [2.45, 2.75) is 19.3 Å². The van der Waals surface area contributed by atoms with Crippen LogP contribution in [0.25, 0.3) is 0 Å². The number of carbonyl (C=O) groups excluding carboxylic acids is 1. The summed E-state index contributed by atoms with van der Waals surface area (Å²) in [5.41, 5.74) is 6.48. The Balaban J connectivity index is 1.82. The van der Waals surface area contributed by atoms with Gasteiger partial charge in [0.05, 0.1) is 21.9 Å². The van der Waals surface area contributed by atoms with Gasteiger partial charge in [-0.05, 0) is 49.6 Å². The Hall–Kier alpha value is -3.16. The smallest absolute Gasteiger partial charge is 0.271 e. The van der Waals surface area contributed by atoms with Gasteiger partial charge >= 0.3 is 0 Å². The summed E-state index contributed by atoms with van der Waals surface area (Å²) >= 11 is 0. The quantitative estimate of drug-likeness (QED) is 0.631. The van der Waals surface area contributed by atoms with E-state index in [9.17, 15) is 19.3 Å². The van der Waals surface area contributed by atoms with Gasteiger partial charge in [0.15, 0.2) is 0 Å². The molecule has 2 N–H and O–H groups in total. The van der Waals surface area contributed by atoms with Crippen LogP contribution in [0.5, 0.6) is 0 Å². The number of non-ortho nitro benzene ring substituents is 1. The van der Waals surface area contributed by atoms with Crippen molar-refractivity contribution in [2.75, 3.05) is 23.4 Å². The standard InChI is InChI=1S/C18H19FN4O3/c19-13-4-6-14(7-5-13)20-21-18(24)16-12-15(23(25)26)8-9-17(16)22-10-2-1-3-11-22/h4-9,12,20H,1-3,10-11H2,(H,21,24). The molecule has 0 atom stereocenters. The molecule has 0 unspecified atom stereocenters. The van der Waals surface area contributed by atoms with E-state index >= 15 is 0 Å². The number of hydrazine groups is 1. The second-order valence-corrected chi connectivity index (χ2v) is 6.09. The molecule has 0 bridgehead atoms. The second kappa shape index (κ2) is 7.81. The normalized spacial score (nSPS) is 14.0. The number of amides is 1. The number of hydrogen-bond acceptors (Lipinski definition) is 5. The molecule has 0 radical (unpaired) electrons. The van der Waals surface area contributed by atoms with E-state index in [2.05, 4.69) is 15.8 Å². The molecule has 7 nitrogen and oxygen atoms in total. The van der Waals surface area contributed by atoms with Crippen molar-refractivity contribution < 1.29 is 14.1 Å². The van der Waals surface area contributed by atoms with E-state index in [1.165, 1.54) is 36.4 Å². The van der Waals surface area contributed by atoms with Gasteiger partial charge in [0.1, 0.15) is 5.82 Å². The molecule has 0 saturated carbocycles. The van der Waals surface area contributed by atoms with Gasteiger partial charge in [0, 0.05) is 25.2 Å². The fraction of sp³-hybridized carbons (Fsp3) is 0.278. The average Bonchev–Trinajstić information content (AvgIpc) is 2.67. The molecule has 1 aliphatic heterocycles. The van der Waals surface area contributed by atoms with Gasteiger partial charge in [0.25, 0.3) is 11.6 Å². The number of anilines is 2. The second-order valence-electron chi connectivity index (χ2n) is 6.09. The third-order valence-electron chi connectivity index (χ3n) is 4.30. The van der Waals surface area contributed by atoms with E-state index in [1.54, 1.807) is 6.07 Å². The van der Waals surface area contributed by atoms with Crippen LogP contribution in [0.1, 0.15) is 29.6 Å². The SMILES string of the molecule is O=C(NNc1ccc(F)cc1)c1cc([N+](=O)[O-])ccc1N1CCCCC1. The fourth-order valence-electron chi connectivity index (χ4n) is 2.96. The maximum Gasteiger partial charge on any atom is 0.271 e. The largest absolute Gasteiger partial charge is 0.371 e. The van der Waals surface area contributed by atoms with Gasteiger partial charge < -0.3 is 4.90 Å². The lowest BCUT2D eigenvalue weighted by Crippen LogP contribution is -2.34. The molecule has 8 heteroatoms. The molecule has 136 valence electrons. The number of rotatable bonds is 5. The van der Waals surface area contributed by atoms with E-state index in [4.69, 9.17) is 0 Å². The van der Waals surface area contributed by atoms with Crippen LogP contribution < -0.4 is 15.8 Å². The number of halogens is 1. The van der Waals surface area contributed by atoms with Gasteiger partial charge in [-0.25, -0.2) is 4.39 Å². The van der Waals surface area contributed by atoms with E-state index in [1.807, 2.05) is 0 Å². The molecule has 3 rings (SSSR count). The summed E-state index contributed by atoms with van der Waals surface area (Å²) in [6, 6.07) is 9.81. The molecule has 26 heavy (non-hydrogen) atoms. The van der Waals surface area contributed by atoms with Crippen LogP contribution in [0.15, 0.2) is 42.5 Å². The molecular formula is C18H19FN4O3. The van der Waals surface area contributed by atoms with Gasteiger partial charge in [-0.15, -0.1) is 0 Å². The Morgan fingerprint density at radius 2 is 1.77 bits per heavy atom. The summed E-state index contributed by atoms with van der Waals surface area (Å²) < 4.78 is 12.9. The molecule has 0 aliphatic carbocycles. The predicted molar refractivity (Wildman–Crippen MR) is 96.6 cm³/mol. The summed E-state index contributed by atoms with van der Waals surface area (Å²) in [6.07, 6.45) is 3.18. The van der Waals surface area contributed by atoms with E-state index in [0.717, 1.165) is 32.4 Å². The Bertz CT molecular complexity index is 805. The summed E-state index contributed by atoms with van der Waals surface area (Å²) in [5, 5.41) is 11.1. The van der Waals surface area contributed by atoms with Crippen molar-refractivity contribution in [3.8, 4) is 0 Å². The van der Waals surface area contributed by atoms with Gasteiger partial charge in [-0.1, -0.05) is 0 Å². The van der Waals surface area contributed by atoms with Crippen LogP contribution in [-0.2, 0) is 0 Å². The first-order valence-electron chi connectivity index (χ1n) is 8.40. The molecular weight excluding hydrogens is 339 g/mol. The van der Waals surface area contributed by atoms with Crippen LogP contribution in [-0.4, -0.2) is 23.9 Å². The van der Waals surface area contributed by atoms with Crippen LogP contribution in [0.3, 0.4) is 0 Å². The number of benzene rings is 2. The molecule has 2 aromatic carbocycles. The predicted octanol–water partition coefficient (Wildman–Crippen LogP) is 3.48. The summed E-state index contributed by atoms with van der Waals surface area (Å²) in [7, 11) is 0. The van der Waals surface area contributed by atoms with E-state index in [0.29, 0.717) is 11.4 Å². The molecule has 1 aliphatic rings. The van der Waals surface area contributed by atoms with E-state index in [-0.39, 0.29) is 17.1 Å². The number of carbonyl (C=O) groups is 1. The lowest BCUT2D eigenvalue weighted by Gasteiger charge is -2.30. The minimum absolute atomic E-state index is 0.141. The Kier molecular flexibility index (Phi) is 5.31. The Morgan fingerprint density at radius 3 is 2.42 bits per heavy atom. The Labute approximate surface area is 149 Å². The van der Waals surface area contributed by atoms with Gasteiger partial charge in [0.2, 0.25) is 0 Å². The zero-order chi connectivity index (χ0) is 18.5. The summed E-state index contributed by atoms with van der Waals surface area (Å²) in [4.78, 5) is 25.3. The average molecular weight is 358 g/mol. The first-order valence-corrected chi connectivity index (χ1v) is 8.40. The van der Waals surface area contributed by atoms with Gasteiger partial charge in [-0.3, -0.25) is 25.8 Å².